The van der Waals surface area contributed by atoms with Gasteiger partial charge in [-0.1, -0.05) is 0 Å². The summed E-state index contributed by atoms with van der Waals surface area (Å²) in [6.45, 7) is -0.217. The van der Waals surface area contributed by atoms with Gasteiger partial charge in [-0.2, -0.15) is 13.2 Å². The van der Waals surface area contributed by atoms with Gasteiger partial charge in [0.05, 0.1) is 22.6 Å². The molecule has 1 aliphatic carbocycles. The van der Waals surface area contributed by atoms with E-state index in [4.69, 9.17) is 0 Å². The monoisotopic (exact) mass is 290 g/mol. The third-order valence-corrected chi connectivity index (χ3v) is 3.53. The van der Waals surface area contributed by atoms with Crippen LogP contribution in [0.2, 0.25) is 0 Å². The average molecular weight is 290 g/mol. The summed E-state index contributed by atoms with van der Waals surface area (Å²) in [5.74, 6) is 0. The lowest BCUT2D eigenvalue weighted by Crippen LogP contribution is -2.48. The fourth-order valence-electron chi connectivity index (χ4n) is 2.18. The van der Waals surface area contributed by atoms with E-state index < -0.39 is 27.9 Å². The third kappa shape index (κ3) is 2.69. The molecule has 0 radical (unpaired) electrons. The number of rotatable bonds is 4. The molecule has 0 spiro atoms. The Kier molecular flexibility index (Phi) is 3.59. The number of aliphatic hydroxyl groups is 1. The summed E-state index contributed by atoms with van der Waals surface area (Å²) in [5.41, 5.74) is -2.37. The number of nitrogens with one attached hydrogen (secondary N) is 1. The van der Waals surface area contributed by atoms with Crippen molar-refractivity contribution >= 4 is 11.4 Å². The predicted molar refractivity (Wildman–Crippen MR) is 65.4 cm³/mol. The van der Waals surface area contributed by atoms with Crippen LogP contribution in [0.3, 0.4) is 0 Å². The quantitative estimate of drug-likeness (QED) is 0.660. The zero-order valence-corrected chi connectivity index (χ0v) is 10.4. The third-order valence-electron chi connectivity index (χ3n) is 3.53. The van der Waals surface area contributed by atoms with Gasteiger partial charge in [-0.3, -0.25) is 10.1 Å². The molecule has 5 nitrogen and oxygen atoms in total. The van der Waals surface area contributed by atoms with Crippen LogP contribution >= 0.6 is 0 Å². The molecule has 0 heterocycles. The zero-order chi connectivity index (χ0) is 15.0. The first kappa shape index (κ1) is 14.6. The molecule has 1 fully saturated rings. The van der Waals surface area contributed by atoms with Crippen LogP contribution in [0.4, 0.5) is 24.5 Å². The molecule has 1 aromatic rings. The molecule has 20 heavy (non-hydrogen) atoms. The van der Waals surface area contributed by atoms with Gasteiger partial charge in [0.25, 0.3) is 5.69 Å². The van der Waals surface area contributed by atoms with E-state index in [1.54, 1.807) is 0 Å². The molecular weight excluding hydrogens is 277 g/mol. The summed E-state index contributed by atoms with van der Waals surface area (Å²) in [6, 6.07) is 2.34. The number of hydrogen-bond donors (Lipinski definition) is 2. The van der Waals surface area contributed by atoms with E-state index in [0.717, 1.165) is 18.6 Å². The van der Waals surface area contributed by atoms with E-state index in [0.29, 0.717) is 18.9 Å². The van der Waals surface area contributed by atoms with E-state index in [-0.39, 0.29) is 12.3 Å². The van der Waals surface area contributed by atoms with Crippen molar-refractivity contribution in [3.63, 3.8) is 0 Å². The molecule has 1 aliphatic rings. The summed E-state index contributed by atoms with van der Waals surface area (Å²) < 4.78 is 37.7. The Bertz CT molecular complexity index is 522. The molecule has 0 aromatic heterocycles. The minimum atomic E-state index is -4.63. The number of anilines is 1. The second kappa shape index (κ2) is 4.93. The van der Waals surface area contributed by atoms with Crippen molar-refractivity contribution in [3.8, 4) is 0 Å². The standard InChI is InChI=1S/C12H13F3N2O3/c13-12(14,15)8-2-3-9(10(6-8)17(19)20)16-11(7-18)4-1-5-11/h2-3,6,16,18H,1,4-5,7H2. The second-order valence-electron chi connectivity index (χ2n) is 4.90. The van der Waals surface area contributed by atoms with Crippen molar-refractivity contribution in [2.45, 2.75) is 31.0 Å². The van der Waals surface area contributed by atoms with Crippen LogP contribution in [0.1, 0.15) is 24.8 Å². The lowest BCUT2D eigenvalue weighted by Gasteiger charge is -2.41. The minimum absolute atomic E-state index is 0.00301. The van der Waals surface area contributed by atoms with E-state index in [1.807, 2.05) is 0 Å². The molecular formula is C12H13F3N2O3. The second-order valence-corrected chi connectivity index (χ2v) is 4.90. The smallest absolute Gasteiger partial charge is 0.394 e. The summed E-state index contributed by atoms with van der Waals surface area (Å²) in [5, 5.41) is 23.0. The van der Waals surface area contributed by atoms with Gasteiger partial charge in [0.2, 0.25) is 0 Å². The van der Waals surface area contributed by atoms with Crippen LogP contribution < -0.4 is 5.32 Å². The molecule has 0 saturated heterocycles. The Hall–Kier alpha value is -1.83. The zero-order valence-electron chi connectivity index (χ0n) is 10.4. The molecule has 0 amide bonds. The summed E-state index contributed by atoms with van der Waals surface area (Å²) >= 11 is 0. The van der Waals surface area contributed by atoms with Crippen LogP contribution in [0.25, 0.3) is 0 Å². The molecule has 0 aliphatic heterocycles. The van der Waals surface area contributed by atoms with Gasteiger partial charge in [-0.25, -0.2) is 0 Å². The van der Waals surface area contributed by atoms with Crippen LogP contribution in [0.5, 0.6) is 0 Å². The Balaban J connectivity index is 2.36. The van der Waals surface area contributed by atoms with Crippen LogP contribution in [0.15, 0.2) is 18.2 Å². The number of aliphatic hydroxyl groups excluding tert-OH is 1. The van der Waals surface area contributed by atoms with Crippen LogP contribution in [-0.2, 0) is 6.18 Å². The van der Waals surface area contributed by atoms with Crippen molar-refractivity contribution < 1.29 is 23.2 Å². The first-order chi connectivity index (χ1) is 9.27. The number of nitro benzene ring substituents is 1. The van der Waals surface area contributed by atoms with Crippen LogP contribution in [0, 0.1) is 10.1 Å². The van der Waals surface area contributed by atoms with E-state index in [1.165, 1.54) is 0 Å². The van der Waals surface area contributed by atoms with E-state index >= 15 is 0 Å². The number of hydrogen-bond acceptors (Lipinski definition) is 4. The maximum Gasteiger partial charge on any atom is 0.416 e. The first-order valence-corrected chi connectivity index (χ1v) is 6.02. The molecule has 1 aromatic carbocycles. The number of alkyl halides is 3. The fraction of sp³-hybridized carbons (Fsp3) is 0.500. The maximum atomic E-state index is 12.6. The van der Waals surface area contributed by atoms with Crippen molar-refractivity contribution in [2.24, 2.45) is 0 Å². The Morgan fingerprint density at radius 3 is 2.45 bits per heavy atom. The van der Waals surface area contributed by atoms with Gasteiger partial charge in [0.1, 0.15) is 5.69 Å². The molecule has 0 bridgehead atoms. The SMILES string of the molecule is O=[N+]([O-])c1cc(C(F)(F)F)ccc1NC1(CO)CCC1. The summed E-state index contributed by atoms with van der Waals surface area (Å²) in [4.78, 5) is 10.1. The fourth-order valence-corrected chi connectivity index (χ4v) is 2.18. The van der Waals surface area contributed by atoms with Gasteiger partial charge in [-0.05, 0) is 31.4 Å². The lowest BCUT2D eigenvalue weighted by molar-refractivity contribution is -0.384. The van der Waals surface area contributed by atoms with Crippen molar-refractivity contribution in [3.05, 3.63) is 33.9 Å². The first-order valence-electron chi connectivity index (χ1n) is 6.02. The predicted octanol–water partition coefficient (Wildman–Crippen LogP) is 2.94. The van der Waals surface area contributed by atoms with Gasteiger partial charge >= 0.3 is 6.18 Å². The highest BCUT2D eigenvalue weighted by Crippen LogP contribution is 2.40. The highest BCUT2D eigenvalue weighted by molar-refractivity contribution is 5.64. The largest absolute Gasteiger partial charge is 0.416 e. The van der Waals surface area contributed by atoms with E-state index in [9.17, 15) is 28.4 Å². The summed E-state index contributed by atoms with van der Waals surface area (Å²) in [7, 11) is 0. The lowest BCUT2D eigenvalue weighted by atomic mass is 9.77. The van der Waals surface area contributed by atoms with E-state index in [2.05, 4.69) is 5.32 Å². The van der Waals surface area contributed by atoms with Crippen molar-refractivity contribution in [2.75, 3.05) is 11.9 Å². The molecule has 0 atom stereocenters. The van der Waals surface area contributed by atoms with Gasteiger partial charge < -0.3 is 10.4 Å². The molecule has 2 N–H and O–H groups in total. The van der Waals surface area contributed by atoms with Crippen molar-refractivity contribution in [1.29, 1.82) is 0 Å². The number of benzene rings is 1. The van der Waals surface area contributed by atoms with Crippen molar-refractivity contribution in [1.82, 2.24) is 0 Å². The van der Waals surface area contributed by atoms with Gasteiger partial charge in [-0.15, -0.1) is 0 Å². The number of halogens is 3. The highest BCUT2D eigenvalue weighted by Gasteiger charge is 2.39. The molecule has 110 valence electrons. The molecule has 0 unspecified atom stereocenters. The number of nitro groups is 1. The van der Waals surface area contributed by atoms with Gasteiger partial charge in [0, 0.05) is 6.07 Å². The Morgan fingerprint density at radius 1 is 1.40 bits per heavy atom. The number of nitrogens with zero attached hydrogens (tertiary/aromatic N) is 1. The Morgan fingerprint density at radius 2 is 2.05 bits per heavy atom. The Labute approximate surface area is 112 Å². The average Bonchev–Trinajstić information content (AvgIpc) is 2.32. The topological polar surface area (TPSA) is 75.4 Å². The summed E-state index contributed by atoms with van der Waals surface area (Å²) in [6.07, 6.45) is -2.51. The molecule has 1 saturated carbocycles. The molecule has 2 rings (SSSR count). The van der Waals surface area contributed by atoms with Crippen LogP contribution in [-0.4, -0.2) is 22.2 Å². The highest BCUT2D eigenvalue weighted by atomic mass is 19.4. The minimum Gasteiger partial charge on any atom is -0.394 e. The maximum absolute atomic E-state index is 12.6. The molecule has 8 heteroatoms. The normalized spacial score (nSPS) is 17.4. The van der Waals surface area contributed by atoms with Gasteiger partial charge in [0.15, 0.2) is 0 Å².